The number of benzene rings is 1. The Balaban J connectivity index is 2.13. The first kappa shape index (κ1) is 36.1. The molecule has 0 fully saturated rings. The molecule has 6 heteroatoms. The van der Waals surface area contributed by atoms with Gasteiger partial charge in [-0.15, -0.1) is 0 Å². The maximum Gasteiger partial charge on any atom is 0.412 e. The van der Waals surface area contributed by atoms with Gasteiger partial charge >= 0.3 is 6.09 Å². The minimum absolute atomic E-state index is 0.312. The fraction of sp³-hybridized carbons (Fsp3) is 0.735. The van der Waals surface area contributed by atoms with Crippen LogP contribution in [0, 0.1) is 11.8 Å². The Morgan fingerprint density at radius 1 is 0.825 bits per heavy atom. The highest BCUT2D eigenvalue weighted by atomic mass is 28.4. The number of amides is 1. The van der Waals surface area contributed by atoms with Crippen molar-refractivity contribution in [1.29, 1.82) is 0 Å². The van der Waals surface area contributed by atoms with Gasteiger partial charge in [0.05, 0.1) is 18.4 Å². The van der Waals surface area contributed by atoms with Crippen LogP contribution in [0.15, 0.2) is 18.2 Å². The van der Waals surface area contributed by atoms with E-state index in [9.17, 15) is 4.79 Å². The smallest absolute Gasteiger partial charge is 0.412 e. The van der Waals surface area contributed by atoms with Gasteiger partial charge in [0.15, 0.2) is 8.32 Å². The lowest BCUT2D eigenvalue weighted by Crippen LogP contribution is -2.40. The van der Waals surface area contributed by atoms with Crippen molar-refractivity contribution >= 4 is 20.1 Å². The minimum atomic E-state index is -1.57. The van der Waals surface area contributed by atoms with Crippen LogP contribution in [-0.4, -0.2) is 33.7 Å². The summed E-state index contributed by atoms with van der Waals surface area (Å²) in [5.74, 6) is 7.19. The average molecular weight is 574 g/mol. The summed E-state index contributed by atoms with van der Waals surface area (Å²) < 4.78 is 17.0. The van der Waals surface area contributed by atoms with Crippen molar-refractivity contribution in [3.8, 4) is 17.6 Å². The Hall–Kier alpha value is -1.97. The third kappa shape index (κ3) is 16.3. The number of hydrogen-bond acceptors (Lipinski definition) is 4. The van der Waals surface area contributed by atoms with Crippen molar-refractivity contribution in [3.05, 3.63) is 23.8 Å². The largest absolute Gasteiger partial charge is 0.497 e. The van der Waals surface area contributed by atoms with E-state index in [0.717, 1.165) is 25.0 Å². The highest BCUT2D eigenvalue weighted by molar-refractivity contribution is 6.74. The van der Waals surface area contributed by atoms with Crippen LogP contribution in [0.2, 0.25) is 18.1 Å². The molecule has 1 N–H and O–H groups in total. The first-order valence-electron chi connectivity index (χ1n) is 15.6. The lowest BCUT2D eigenvalue weighted by molar-refractivity contribution is 0.0636. The van der Waals surface area contributed by atoms with Crippen molar-refractivity contribution in [2.75, 3.05) is 19.0 Å². The molecule has 1 rings (SSSR count). The van der Waals surface area contributed by atoms with E-state index in [1.807, 2.05) is 32.9 Å². The molecule has 0 spiro atoms. The number of anilines is 1. The molecule has 0 saturated carbocycles. The molecular formula is C34H59NO4Si. The molecular weight excluding hydrogens is 514 g/mol. The lowest BCUT2D eigenvalue weighted by Gasteiger charge is -2.36. The maximum absolute atomic E-state index is 12.2. The van der Waals surface area contributed by atoms with Gasteiger partial charge in [0.2, 0.25) is 0 Å². The van der Waals surface area contributed by atoms with Crippen LogP contribution in [0.1, 0.15) is 131 Å². The number of rotatable bonds is 17. The molecule has 0 atom stereocenters. The number of carbonyl (C=O) groups excluding carboxylic acids is 1. The summed E-state index contributed by atoms with van der Waals surface area (Å²) >= 11 is 0. The number of unbranched alkanes of at least 4 members (excludes halogenated alkanes) is 12. The van der Waals surface area contributed by atoms with E-state index < -0.39 is 20.0 Å². The third-order valence-corrected chi connectivity index (χ3v) is 12.1. The van der Waals surface area contributed by atoms with E-state index in [1.165, 1.54) is 70.6 Å². The predicted molar refractivity (Wildman–Crippen MR) is 173 cm³/mol. The van der Waals surface area contributed by atoms with Crippen LogP contribution in [0.3, 0.4) is 0 Å². The van der Waals surface area contributed by atoms with Crippen LogP contribution in [-0.2, 0) is 9.16 Å². The quantitative estimate of drug-likeness (QED) is 0.114. The highest BCUT2D eigenvalue weighted by Crippen LogP contribution is 2.36. The zero-order valence-electron chi connectivity index (χ0n) is 27.3. The molecule has 0 unspecified atom stereocenters. The molecule has 40 heavy (non-hydrogen) atoms. The highest BCUT2D eigenvalue weighted by Gasteiger charge is 2.36. The summed E-state index contributed by atoms with van der Waals surface area (Å²) in [6.45, 7) is 18.1. The van der Waals surface area contributed by atoms with E-state index in [-0.39, 0.29) is 0 Å². The fourth-order valence-corrected chi connectivity index (χ4v) is 5.15. The van der Waals surface area contributed by atoms with Crippen molar-refractivity contribution in [2.24, 2.45) is 0 Å². The Morgan fingerprint density at radius 3 is 1.85 bits per heavy atom. The Morgan fingerprint density at radius 2 is 1.35 bits per heavy atom. The molecule has 1 aromatic rings. The van der Waals surface area contributed by atoms with Crippen LogP contribution in [0.25, 0.3) is 0 Å². The summed E-state index contributed by atoms with van der Waals surface area (Å²) in [4.78, 5) is 12.2. The summed E-state index contributed by atoms with van der Waals surface area (Å²) in [5, 5.41) is 3.12. The Labute approximate surface area is 247 Å². The van der Waals surface area contributed by atoms with Crippen molar-refractivity contribution in [1.82, 2.24) is 0 Å². The monoisotopic (exact) mass is 573 g/mol. The van der Waals surface area contributed by atoms with E-state index in [2.05, 4.69) is 51.0 Å². The molecule has 228 valence electrons. The normalized spacial score (nSPS) is 12.0. The van der Waals surface area contributed by atoms with Crippen LogP contribution >= 0.6 is 0 Å². The van der Waals surface area contributed by atoms with Gasteiger partial charge in [-0.3, -0.25) is 5.32 Å². The second-order valence-corrected chi connectivity index (χ2v) is 18.3. The predicted octanol–water partition coefficient (Wildman–Crippen LogP) is 10.5. The minimum Gasteiger partial charge on any atom is -0.497 e. The molecule has 0 saturated heterocycles. The van der Waals surface area contributed by atoms with Crippen molar-refractivity contribution in [2.45, 2.75) is 149 Å². The molecule has 0 aromatic heterocycles. The lowest BCUT2D eigenvalue weighted by atomic mass is 10.0. The van der Waals surface area contributed by atoms with Gasteiger partial charge in [0.25, 0.3) is 0 Å². The topological polar surface area (TPSA) is 56.8 Å². The number of methoxy groups -OCH3 is 1. The number of carbonyl (C=O) groups is 1. The van der Waals surface area contributed by atoms with Gasteiger partial charge in [0.1, 0.15) is 11.4 Å². The first-order valence-corrected chi connectivity index (χ1v) is 18.5. The van der Waals surface area contributed by atoms with Crippen molar-refractivity contribution < 1.29 is 18.7 Å². The molecule has 1 amide bonds. The molecule has 0 bridgehead atoms. The molecule has 0 heterocycles. The van der Waals surface area contributed by atoms with E-state index in [0.29, 0.717) is 16.5 Å². The second kappa shape index (κ2) is 18.5. The van der Waals surface area contributed by atoms with Gasteiger partial charge in [-0.2, -0.15) is 0 Å². The van der Waals surface area contributed by atoms with E-state index >= 15 is 0 Å². The maximum atomic E-state index is 12.2. The second-order valence-electron chi connectivity index (χ2n) is 13.4. The zero-order chi connectivity index (χ0) is 30.1. The SMILES string of the molecule is COc1ccc(NC(=O)OC(C)(C)C)c(C#CCCCCCCCCCCCCCCO[Si](C)(C)C(C)(C)C)c1. The van der Waals surface area contributed by atoms with Gasteiger partial charge in [-0.1, -0.05) is 96.8 Å². The Kier molecular flexibility index (Phi) is 16.6. The number of nitrogens with one attached hydrogen (secondary N) is 1. The van der Waals surface area contributed by atoms with Gasteiger partial charge in [-0.25, -0.2) is 4.79 Å². The van der Waals surface area contributed by atoms with Crippen LogP contribution in [0.5, 0.6) is 5.75 Å². The van der Waals surface area contributed by atoms with Crippen LogP contribution < -0.4 is 10.1 Å². The molecule has 0 aliphatic rings. The molecule has 0 aliphatic carbocycles. The fourth-order valence-electron chi connectivity index (χ4n) is 4.06. The average Bonchev–Trinajstić information content (AvgIpc) is 2.84. The van der Waals surface area contributed by atoms with Gasteiger partial charge < -0.3 is 13.9 Å². The molecule has 1 aromatic carbocycles. The van der Waals surface area contributed by atoms with Crippen molar-refractivity contribution in [3.63, 3.8) is 0 Å². The summed E-state index contributed by atoms with van der Waals surface area (Å²) in [5.41, 5.74) is 0.825. The summed E-state index contributed by atoms with van der Waals surface area (Å²) in [6.07, 6.45) is 15.9. The standard InChI is InChI=1S/C34H59NO4Si/c1-33(2,3)39-32(36)35-31-26-25-30(37-7)28-29(31)24-22-20-18-16-14-12-10-11-13-15-17-19-21-23-27-38-40(8,9)34(4,5)6/h25-26,28H,10-21,23,27H2,1-9H3,(H,35,36). The molecule has 0 aliphatic heterocycles. The van der Waals surface area contributed by atoms with E-state index in [4.69, 9.17) is 13.9 Å². The summed E-state index contributed by atoms with van der Waals surface area (Å²) in [6, 6.07) is 5.47. The summed E-state index contributed by atoms with van der Waals surface area (Å²) in [7, 11) is 0.0568. The number of hydrogen-bond donors (Lipinski definition) is 1. The first-order chi connectivity index (χ1) is 18.7. The Bertz CT molecular complexity index is 919. The zero-order valence-corrected chi connectivity index (χ0v) is 28.3. The van der Waals surface area contributed by atoms with E-state index in [1.54, 1.807) is 13.2 Å². The molecule has 0 radical (unpaired) electrons. The third-order valence-electron chi connectivity index (χ3n) is 7.55. The molecule has 5 nitrogen and oxygen atoms in total. The van der Waals surface area contributed by atoms with Gasteiger partial charge in [0, 0.05) is 13.0 Å². The number of ether oxygens (including phenoxy) is 2. The van der Waals surface area contributed by atoms with Crippen LogP contribution in [0.4, 0.5) is 10.5 Å². The van der Waals surface area contributed by atoms with Gasteiger partial charge in [-0.05, 0) is 69.9 Å².